The van der Waals surface area contributed by atoms with Gasteiger partial charge in [0.15, 0.2) is 0 Å². The molecular formula is C12H17FN2O2. The fourth-order valence-electron chi connectivity index (χ4n) is 1.52. The molecule has 1 aromatic rings. The Bertz CT molecular complexity index is 396. The minimum Gasteiger partial charge on any atom is -0.396 e. The van der Waals surface area contributed by atoms with E-state index in [9.17, 15) is 9.18 Å². The summed E-state index contributed by atoms with van der Waals surface area (Å²) in [5.74, 6) is -0.729. The van der Waals surface area contributed by atoms with Gasteiger partial charge in [-0.05, 0) is 31.5 Å². The lowest BCUT2D eigenvalue weighted by molar-refractivity contribution is 0.0754. The molecule has 0 spiro atoms. The van der Waals surface area contributed by atoms with Gasteiger partial charge in [-0.3, -0.25) is 4.79 Å². The molecule has 1 rings (SSSR count). The van der Waals surface area contributed by atoms with Crippen molar-refractivity contribution in [3.63, 3.8) is 0 Å². The maximum atomic E-state index is 13.0. The monoisotopic (exact) mass is 240 g/mol. The predicted molar refractivity (Wildman–Crippen MR) is 64.1 cm³/mol. The van der Waals surface area contributed by atoms with E-state index < -0.39 is 5.82 Å². The molecule has 0 aliphatic rings. The Labute approximate surface area is 99.8 Å². The number of carbonyl (C=O) groups is 1. The molecule has 5 heteroatoms. The van der Waals surface area contributed by atoms with Crippen molar-refractivity contribution in [3.8, 4) is 0 Å². The number of aliphatic hydroxyl groups excluding tert-OH is 1. The Kier molecular flexibility index (Phi) is 4.90. The molecule has 0 aliphatic heterocycles. The maximum Gasteiger partial charge on any atom is 0.253 e. The number of hydrogen-bond acceptors (Lipinski definition) is 3. The van der Waals surface area contributed by atoms with Crippen LogP contribution in [-0.4, -0.2) is 35.6 Å². The Morgan fingerprint density at radius 1 is 1.53 bits per heavy atom. The van der Waals surface area contributed by atoms with Crippen molar-refractivity contribution in [2.45, 2.75) is 13.3 Å². The summed E-state index contributed by atoms with van der Waals surface area (Å²) < 4.78 is 13.0. The lowest BCUT2D eigenvalue weighted by Crippen LogP contribution is -2.32. The minimum absolute atomic E-state index is 0.0333. The highest BCUT2D eigenvalue weighted by Gasteiger charge is 2.14. The van der Waals surface area contributed by atoms with Crippen molar-refractivity contribution in [1.29, 1.82) is 0 Å². The molecule has 0 saturated carbocycles. The molecular weight excluding hydrogens is 223 g/mol. The molecule has 0 unspecified atom stereocenters. The highest BCUT2D eigenvalue weighted by Crippen LogP contribution is 2.14. The van der Waals surface area contributed by atoms with Gasteiger partial charge in [-0.2, -0.15) is 0 Å². The summed E-state index contributed by atoms with van der Waals surface area (Å²) in [6, 6.07) is 3.93. The van der Waals surface area contributed by atoms with E-state index in [-0.39, 0.29) is 18.2 Å². The summed E-state index contributed by atoms with van der Waals surface area (Å²) in [5, 5.41) is 8.74. The second kappa shape index (κ2) is 6.20. The van der Waals surface area contributed by atoms with Crippen LogP contribution < -0.4 is 5.73 Å². The maximum absolute atomic E-state index is 13.0. The normalized spacial score (nSPS) is 10.3. The van der Waals surface area contributed by atoms with Crippen LogP contribution in [0.1, 0.15) is 23.7 Å². The standard InChI is InChI=1S/C12H17FN2O2/c1-2-15(6-3-7-16)12(17)9-4-5-10(13)11(14)8-9/h4-5,8,16H,2-3,6-7,14H2,1H3. The van der Waals surface area contributed by atoms with Crippen LogP contribution in [0.15, 0.2) is 18.2 Å². The third-order valence-corrected chi connectivity index (χ3v) is 2.50. The van der Waals surface area contributed by atoms with Gasteiger partial charge in [0, 0.05) is 25.3 Å². The van der Waals surface area contributed by atoms with Crippen LogP contribution in [0.25, 0.3) is 0 Å². The molecule has 94 valence electrons. The van der Waals surface area contributed by atoms with Crippen LogP contribution in [-0.2, 0) is 0 Å². The summed E-state index contributed by atoms with van der Waals surface area (Å²) in [6.07, 6.45) is 0.524. The van der Waals surface area contributed by atoms with Crippen LogP contribution in [0, 0.1) is 5.82 Å². The second-order valence-electron chi connectivity index (χ2n) is 3.70. The molecule has 0 fully saturated rings. The Morgan fingerprint density at radius 2 is 2.24 bits per heavy atom. The van der Waals surface area contributed by atoms with Crippen molar-refractivity contribution in [1.82, 2.24) is 4.90 Å². The number of rotatable bonds is 5. The van der Waals surface area contributed by atoms with Gasteiger partial charge in [0.1, 0.15) is 5.82 Å². The largest absolute Gasteiger partial charge is 0.396 e. The summed E-state index contributed by atoms with van der Waals surface area (Å²) in [6.45, 7) is 2.90. The van der Waals surface area contributed by atoms with E-state index in [0.29, 0.717) is 25.1 Å². The number of carbonyl (C=O) groups excluding carboxylic acids is 1. The number of anilines is 1. The Balaban J connectivity index is 2.82. The van der Waals surface area contributed by atoms with Gasteiger partial charge in [-0.1, -0.05) is 0 Å². The first kappa shape index (κ1) is 13.4. The number of amides is 1. The summed E-state index contributed by atoms with van der Waals surface area (Å²) in [4.78, 5) is 13.6. The van der Waals surface area contributed by atoms with Crippen LogP contribution in [0.4, 0.5) is 10.1 Å². The van der Waals surface area contributed by atoms with Crippen molar-refractivity contribution in [2.75, 3.05) is 25.4 Å². The fourth-order valence-corrected chi connectivity index (χ4v) is 1.52. The van der Waals surface area contributed by atoms with Crippen molar-refractivity contribution >= 4 is 11.6 Å². The molecule has 0 heterocycles. The van der Waals surface area contributed by atoms with Gasteiger partial charge in [0.05, 0.1) is 5.69 Å². The third kappa shape index (κ3) is 3.42. The number of nitrogen functional groups attached to an aromatic ring is 1. The van der Waals surface area contributed by atoms with Gasteiger partial charge in [-0.25, -0.2) is 4.39 Å². The number of halogens is 1. The molecule has 0 atom stereocenters. The van der Waals surface area contributed by atoms with Gasteiger partial charge < -0.3 is 15.7 Å². The molecule has 0 aromatic heterocycles. The number of aliphatic hydroxyl groups is 1. The van der Waals surface area contributed by atoms with Gasteiger partial charge in [-0.15, -0.1) is 0 Å². The Morgan fingerprint density at radius 3 is 2.76 bits per heavy atom. The molecule has 4 nitrogen and oxygen atoms in total. The zero-order valence-electron chi connectivity index (χ0n) is 9.82. The van der Waals surface area contributed by atoms with E-state index in [4.69, 9.17) is 10.8 Å². The molecule has 0 saturated heterocycles. The number of benzene rings is 1. The zero-order chi connectivity index (χ0) is 12.8. The lowest BCUT2D eigenvalue weighted by atomic mass is 10.1. The average molecular weight is 240 g/mol. The zero-order valence-corrected chi connectivity index (χ0v) is 9.82. The highest BCUT2D eigenvalue weighted by molar-refractivity contribution is 5.95. The minimum atomic E-state index is -0.528. The van der Waals surface area contributed by atoms with E-state index in [0.717, 1.165) is 0 Å². The Hall–Kier alpha value is -1.62. The quantitative estimate of drug-likeness (QED) is 0.761. The summed E-state index contributed by atoms with van der Waals surface area (Å²) >= 11 is 0. The van der Waals surface area contributed by atoms with E-state index in [2.05, 4.69) is 0 Å². The van der Waals surface area contributed by atoms with Crippen molar-refractivity contribution in [3.05, 3.63) is 29.6 Å². The molecule has 0 bridgehead atoms. The number of nitrogens with two attached hydrogens (primary N) is 1. The van der Waals surface area contributed by atoms with Gasteiger partial charge in [0.2, 0.25) is 0 Å². The van der Waals surface area contributed by atoms with Crippen LogP contribution in [0.3, 0.4) is 0 Å². The smallest absolute Gasteiger partial charge is 0.253 e. The first-order chi connectivity index (χ1) is 8.10. The molecule has 17 heavy (non-hydrogen) atoms. The van der Waals surface area contributed by atoms with E-state index >= 15 is 0 Å². The molecule has 1 amide bonds. The van der Waals surface area contributed by atoms with Crippen LogP contribution >= 0.6 is 0 Å². The summed E-state index contributed by atoms with van der Waals surface area (Å²) in [5.41, 5.74) is 5.75. The van der Waals surface area contributed by atoms with Crippen molar-refractivity contribution in [2.24, 2.45) is 0 Å². The number of hydrogen-bond donors (Lipinski definition) is 2. The first-order valence-electron chi connectivity index (χ1n) is 5.55. The highest BCUT2D eigenvalue weighted by atomic mass is 19.1. The van der Waals surface area contributed by atoms with E-state index in [1.54, 1.807) is 4.90 Å². The van der Waals surface area contributed by atoms with Gasteiger partial charge >= 0.3 is 0 Å². The summed E-state index contributed by atoms with van der Waals surface area (Å²) in [7, 11) is 0. The van der Waals surface area contributed by atoms with Gasteiger partial charge in [0.25, 0.3) is 5.91 Å². The molecule has 1 aromatic carbocycles. The molecule has 0 radical (unpaired) electrons. The third-order valence-electron chi connectivity index (χ3n) is 2.50. The molecule has 3 N–H and O–H groups in total. The van der Waals surface area contributed by atoms with Crippen LogP contribution in [0.2, 0.25) is 0 Å². The molecule has 0 aliphatic carbocycles. The second-order valence-corrected chi connectivity index (χ2v) is 3.70. The van der Waals surface area contributed by atoms with Crippen molar-refractivity contribution < 1.29 is 14.3 Å². The fraction of sp³-hybridized carbons (Fsp3) is 0.417. The lowest BCUT2D eigenvalue weighted by Gasteiger charge is -2.20. The number of nitrogens with zero attached hydrogens (tertiary/aromatic N) is 1. The topological polar surface area (TPSA) is 66.6 Å². The average Bonchev–Trinajstić information content (AvgIpc) is 2.33. The SMILES string of the molecule is CCN(CCCO)C(=O)c1ccc(F)c(N)c1. The van der Waals surface area contributed by atoms with E-state index in [1.165, 1.54) is 18.2 Å². The van der Waals surface area contributed by atoms with Crippen LogP contribution in [0.5, 0.6) is 0 Å². The predicted octanol–water partition coefficient (Wildman–Crippen LogP) is 1.25. The van der Waals surface area contributed by atoms with E-state index in [1.807, 2.05) is 6.92 Å². The first-order valence-corrected chi connectivity index (χ1v) is 5.55.